The minimum atomic E-state index is 0.278. The summed E-state index contributed by atoms with van der Waals surface area (Å²) in [6.07, 6.45) is 1.85. The first-order valence-electron chi connectivity index (χ1n) is 5.03. The van der Waals surface area contributed by atoms with Gasteiger partial charge < -0.3 is 4.90 Å². The van der Waals surface area contributed by atoms with E-state index in [4.69, 9.17) is 0 Å². The van der Waals surface area contributed by atoms with Gasteiger partial charge in [0.15, 0.2) is 0 Å². The number of hydrogen-bond donors (Lipinski definition) is 0. The van der Waals surface area contributed by atoms with Crippen LogP contribution in [0, 0.1) is 0 Å². The first-order valence-corrected chi connectivity index (χ1v) is 5.03. The molecule has 1 atom stereocenters. The standard InChI is InChI=1S/C12H17NO/c1-3-13(10-14)11(2)9-12-7-5-4-6-8-12/h4-8,10-11H,3,9H2,1-2H3. The van der Waals surface area contributed by atoms with Crippen molar-refractivity contribution in [2.45, 2.75) is 26.3 Å². The molecule has 0 aliphatic heterocycles. The van der Waals surface area contributed by atoms with Gasteiger partial charge in [0.05, 0.1) is 0 Å². The number of likely N-dealkylation sites (N-methyl/N-ethyl adjacent to an activating group) is 1. The maximum absolute atomic E-state index is 10.7. The molecule has 0 saturated heterocycles. The number of carbonyl (C=O) groups is 1. The average Bonchev–Trinajstić information content (AvgIpc) is 2.21. The Morgan fingerprint density at radius 3 is 2.50 bits per heavy atom. The van der Waals surface area contributed by atoms with E-state index in [9.17, 15) is 4.79 Å². The molecule has 76 valence electrons. The molecule has 0 radical (unpaired) electrons. The smallest absolute Gasteiger partial charge is 0.209 e. The summed E-state index contributed by atoms with van der Waals surface area (Å²) in [5.41, 5.74) is 1.28. The summed E-state index contributed by atoms with van der Waals surface area (Å²) in [4.78, 5) is 12.5. The van der Waals surface area contributed by atoms with E-state index >= 15 is 0 Å². The lowest BCUT2D eigenvalue weighted by atomic mass is 10.1. The monoisotopic (exact) mass is 191 g/mol. The van der Waals surface area contributed by atoms with Crippen molar-refractivity contribution in [2.24, 2.45) is 0 Å². The highest BCUT2D eigenvalue weighted by Crippen LogP contribution is 2.06. The van der Waals surface area contributed by atoms with E-state index in [-0.39, 0.29) is 6.04 Å². The van der Waals surface area contributed by atoms with E-state index in [2.05, 4.69) is 19.1 Å². The molecule has 0 N–H and O–H groups in total. The van der Waals surface area contributed by atoms with Gasteiger partial charge in [0.25, 0.3) is 0 Å². The zero-order chi connectivity index (χ0) is 10.4. The molecule has 0 aromatic heterocycles. The van der Waals surface area contributed by atoms with Crippen LogP contribution in [-0.2, 0) is 11.2 Å². The Balaban J connectivity index is 2.56. The van der Waals surface area contributed by atoms with Crippen LogP contribution in [0.25, 0.3) is 0 Å². The van der Waals surface area contributed by atoms with Gasteiger partial charge in [-0.15, -0.1) is 0 Å². The van der Waals surface area contributed by atoms with Gasteiger partial charge in [-0.25, -0.2) is 0 Å². The molecule has 2 nitrogen and oxygen atoms in total. The number of benzene rings is 1. The fraction of sp³-hybridized carbons (Fsp3) is 0.417. The van der Waals surface area contributed by atoms with E-state index in [1.54, 1.807) is 0 Å². The highest BCUT2D eigenvalue weighted by molar-refractivity contribution is 5.47. The average molecular weight is 191 g/mol. The van der Waals surface area contributed by atoms with E-state index < -0.39 is 0 Å². The first-order chi connectivity index (χ1) is 6.77. The molecule has 14 heavy (non-hydrogen) atoms. The minimum absolute atomic E-state index is 0.278. The Morgan fingerprint density at radius 2 is 2.00 bits per heavy atom. The van der Waals surface area contributed by atoms with Crippen molar-refractivity contribution in [3.8, 4) is 0 Å². The molecule has 0 saturated carbocycles. The third kappa shape index (κ3) is 2.87. The predicted molar refractivity (Wildman–Crippen MR) is 58.1 cm³/mol. The van der Waals surface area contributed by atoms with E-state index in [1.807, 2.05) is 30.0 Å². The SMILES string of the molecule is CCN(C=O)C(C)Cc1ccccc1. The van der Waals surface area contributed by atoms with Crippen molar-refractivity contribution >= 4 is 6.41 Å². The van der Waals surface area contributed by atoms with Crippen LogP contribution >= 0.6 is 0 Å². The number of amides is 1. The fourth-order valence-electron chi connectivity index (χ4n) is 1.56. The topological polar surface area (TPSA) is 20.3 Å². The van der Waals surface area contributed by atoms with Gasteiger partial charge in [-0.2, -0.15) is 0 Å². The summed E-state index contributed by atoms with van der Waals surface area (Å²) < 4.78 is 0. The second-order valence-corrected chi connectivity index (χ2v) is 3.47. The molecule has 1 aromatic carbocycles. The summed E-state index contributed by atoms with van der Waals surface area (Å²) in [5, 5.41) is 0. The van der Waals surface area contributed by atoms with Crippen LogP contribution in [0.2, 0.25) is 0 Å². The number of hydrogen-bond acceptors (Lipinski definition) is 1. The minimum Gasteiger partial charge on any atom is -0.343 e. The molecule has 0 fully saturated rings. The zero-order valence-electron chi connectivity index (χ0n) is 8.81. The van der Waals surface area contributed by atoms with E-state index in [0.29, 0.717) is 0 Å². The van der Waals surface area contributed by atoms with Gasteiger partial charge in [-0.1, -0.05) is 30.3 Å². The van der Waals surface area contributed by atoms with Gasteiger partial charge in [0.2, 0.25) is 6.41 Å². The summed E-state index contributed by atoms with van der Waals surface area (Å²) in [7, 11) is 0. The van der Waals surface area contributed by atoms with Crippen molar-refractivity contribution in [1.82, 2.24) is 4.90 Å². The summed E-state index contributed by atoms with van der Waals surface area (Å²) in [5.74, 6) is 0. The Labute approximate surface area is 85.5 Å². The summed E-state index contributed by atoms with van der Waals surface area (Å²) in [6, 6.07) is 10.5. The summed E-state index contributed by atoms with van der Waals surface area (Å²) >= 11 is 0. The van der Waals surface area contributed by atoms with E-state index in [1.165, 1.54) is 5.56 Å². The molecule has 0 bridgehead atoms. The predicted octanol–water partition coefficient (Wildman–Crippen LogP) is 2.10. The molecule has 1 aromatic rings. The molecule has 0 heterocycles. The lowest BCUT2D eigenvalue weighted by molar-refractivity contribution is -0.119. The van der Waals surface area contributed by atoms with Crippen LogP contribution in [0.3, 0.4) is 0 Å². The van der Waals surface area contributed by atoms with Crippen molar-refractivity contribution in [1.29, 1.82) is 0 Å². The Kier molecular flexibility index (Phi) is 4.17. The van der Waals surface area contributed by atoms with Gasteiger partial charge in [-0.05, 0) is 25.8 Å². The van der Waals surface area contributed by atoms with Crippen LogP contribution in [0.4, 0.5) is 0 Å². The molecular weight excluding hydrogens is 174 g/mol. The normalized spacial score (nSPS) is 12.1. The molecule has 1 amide bonds. The van der Waals surface area contributed by atoms with E-state index in [0.717, 1.165) is 19.4 Å². The zero-order valence-corrected chi connectivity index (χ0v) is 8.81. The molecular formula is C12H17NO. The number of nitrogens with zero attached hydrogens (tertiary/aromatic N) is 1. The van der Waals surface area contributed by atoms with Gasteiger partial charge >= 0.3 is 0 Å². The van der Waals surface area contributed by atoms with Crippen LogP contribution < -0.4 is 0 Å². The highest BCUT2D eigenvalue weighted by Gasteiger charge is 2.09. The molecule has 1 rings (SSSR count). The largest absolute Gasteiger partial charge is 0.343 e. The van der Waals surface area contributed by atoms with Gasteiger partial charge in [-0.3, -0.25) is 4.79 Å². The van der Waals surface area contributed by atoms with Crippen LogP contribution in [0.1, 0.15) is 19.4 Å². The van der Waals surface area contributed by atoms with Gasteiger partial charge in [0, 0.05) is 12.6 Å². The first kappa shape index (κ1) is 10.8. The van der Waals surface area contributed by atoms with Crippen molar-refractivity contribution in [2.75, 3.05) is 6.54 Å². The Morgan fingerprint density at radius 1 is 1.36 bits per heavy atom. The lowest BCUT2D eigenvalue weighted by Gasteiger charge is -2.23. The van der Waals surface area contributed by atoms with Crippen molar-refractivity contribution in [3.63, 3.8) is 0 Å². The molecule has 1 unspecified atom stereocenters. The maximum atomic E-state index is 10.7. The van der Waals surface area contributed by atoms with Crippen LogP contribution in [0.5, 0.6) is 0 Å². The second-order valence-electron chi connectivity index (χ2n) is 3.47. The van der Waals surface area contributed by atoms with Crippen molar-refractivity contribution < 1.29 is 4.79 Å². The highest BCUT2D eigenvalue weighted by atomic mass is 16.1. The number of rotatable bonds is 5. The second kappa shape index (κ2) is 5.43. The Bertz CT molecular complexity index is 271. The lowest BCUT2D eigenvalue weighted by Crippen LogP contribution is -2.33. The quantitative estimate of drug-likeness (QED) is 0.653. The molecule has 2 heteroatoms. The van der Waals surface area contributed by atoms with Gasteiger partial charge in [0.1, 0.15) is 0 Å². The molecule has 0 aliphatic rings. The summed E-state index contributed by atoms with van der Waals surface area (Å²) in [6.45, 7) is 4.85. The third-order valence-electron chi connectivity index (χ3n) is 2.44. The Hall–Kier alpha value is -1.31. The fourth-order valence-corrected chi connectivity index (χ4v) is 1.56. The van der Waals surface area contributed by atoms with Crippen molar-refractivity contribution in [3.05, 3.63) is 35.9 Å². The maximum Gasteiger partial charge on any atom is 0.209 e. The van der Waals surface area contributed by atoms with Crippen LogP contribution in [-0.4, -0.2) is 23.9 Å². The molecule has 0 spiro atoms. The molecule has 0 aliphatic carbocycles. The number of carbonyl (C=O) groups excluding carboxylic acids is 1. The van der Waals surface area contributed by atoms with Crippen LogP contribution in [0.15, 0.2) is 30.3 Å². The third-order valence-corrected chi connectivity index (χ3v) is 2.44.